The maximum atomic E-state index is 11.4. The van der Waals surface area contributed by atoms with Gasteiger partial charge in [-0.1, -0.05) is 6.58 Å². The molecule has 14 heavy (non-hydrogen) atoms. The van der Waals surface area contributed by atoms with E-state index in [1.165, 1.54) is 12.8 Å². The van der Waals surface area contributed by atoms with Crippen LogP contribution in [-0.2, 0) is 4.79 Å². The van der Waals surface area contributed by atoms with Crippen molar-refractivity contribution < 1.29 is 4.79 Å². The lowest BCUT2D eigenvalue weighted by molar-refractivity contribution is -0.118. The van der Waals surface area contributed by atoms with Crippen LogP contribution in [0.25, 0.3) is 0 Å². The molecule has 2 N–H and O–H groups in total. The molecule has 1 amide bonds. The Labute approximate surface area is 84.9 Å². The minimum Gasteiger partial charge on any atom is -0.349 e. The second kappa shape index (κ2) is 3.73. The lowest BCUT2D eigenvalue weighted by atomic mass is 9.99. The Morgan fingerprint density at radius 2 is 1.93 bits per heavy atom. The van der Waals surface area contributed by atoms with Crippen LogP contribution in [0.3, 0.4) is 0 Å². The fourth-order valence-electron chi connectivity index (χ4n) is 2.48. The maximum absolute atomic E-state index is 11.4. The Bertz CT molecular complexity index is 250. The molecule has 0 aromatic rings. The molecule has 3 nitrogen and oxygen atoms in total. The Kier molecular flexibility index (Phi) is 2.59. The number of amides is 1. The molecule has 0 aromatic carbocycles. The van der Waals surface area contributed by atoms with Crippen LogP contribution < -0.4 is 10.6 Å². The number of carbonyl (C=O) groups excluding carboxylic acids is 1. The SMILES string of the molecule is C=C(C)C(=O)NC1C[C@H]2CC[C@@H](C1)N2. The van der Waals surface area contributed by atoms with Crippen LogP contribution in [0.1, 0.15) is 32.6 Å². The van der Waals surface area contributed by atoms with Crippen molar-refractivity contribution in [2.24, 2.45) is 0 Å². The van der Waals surface area contributed by atoms with Gasteiger partial charge in [-0.15, -0.1) is 0 Å². The largest absolute Gasteiger partial charge is 0.349 e. The molecule has 2 saturated heterocycles. The lowest BCUT2D eigenvalue weighted by Gasteiger charge is -2.29. The zero-order chi connectivity index (χ0) is 10.1. The van der Waals surface area contributed by atoms with Crippen molar-refractivity contribution in [1.82, 2.24) is 10.6 Å². The van der Waals surface area contributed by atoms with Crippen LogP contribution >= 0.6 is 0 Å². The summed E-state index contributed by atoms with van der Waals surface area (Å²) in [6.07, 6.45) is 4.69. The molecule has 0 aromatic heterocycles. The van der Waals surface area contributed by atoms with E-state index in [0.717, 1.165) is 12.8 Å². The van der Waals surface area contributed by atoms with Gasteiger partial charge in [0, 0.05) is 23.7 Å². The first-order valence-electron chi connectivity index (χ1n) is 5.37. The fourth-order valence-corrected chi connectivity index (χ4v) is 2.48. The summed E-state index contributed by atoms with van der Waals surface area (Å²) in [6, 6.07) is 1.62. The van der Waals surface area contributed by atoms with Crippen LogP contribution in [0.5, 0.6) is 0 Å². The van der Waals surface area contributed by atoms with Gasteiger partial charge in [0.1, 0.15) is 0 Å². The van der Waals surface area contributed by atoms with E-state index in [1.54, 1.807) is 6.92 Å². The molecule has 2 heterocycles. The van der Waals surface area contributed by atoms with Gasteiger partial charge in [-0.05, 0) is 32.6 Å². The first-order chi connectivity index (χ1) is 6.65. The molecular weight excluding hydrogens is 176 g/mol. The molecule has 3 atom stereocenters. The summed E-state index contributed by atoms with van der Waals surface area (Å²) in [6.45, 7) is 5.40. The van der Waals surface area contributed by atoms with E-state index >= 15 is 0 Å². The van der Waals surface area contributed by atoms with Gasteiger partial charge >= 0.3 is 0 Å². The van der Waals surface area contributed by atoms with E-state index < -0.39 is 0 Å². The zero-order valence-electron chi connectivity index (χ0n) is 8.68. The van der Waals surface area contributed by atoms with Gasteiger partial charge in [0.25, 0.3) is 0 Å². The molecule has 3 heteroatoms. The first kappa shape index (κ1) is 9.71. The third-order valence-corrected chi connectivity index (χ3v) is 3.20. The third kappa shape index (κ3) is 1.98. The highest BCUT2D eigenvalue weighted by Crippen LogP contribution is 2.26. The number of hydrogen-bond acceptors (Lipinski definition) is 2. The number of fused-ring (bicyclic) bond motifs is 2. The zero-order valence-corrected chi connectivity index (χ0v) is 8.68. The molecule has 0 saturated carbocycles. The Morgan fingerprint density at radius 1 is 1.36 bits per heavy atom. The van der Waals surface area contributed by atoms with Crippen LogP contribution in [0.4, 0.5) is 0 Å². The van der Waals surface area contributed by atoms with E-state index in [1.807, 2.05) is 0 Å². The van der Waals surface area contributed by atoms with Gasteiger partial charge < -0.3 is 10.6 Å². The van der Waals surface area contributed by atoms with Gasteiger partial charge in [0.05, 0.1) is 0 Å². The minimum atomic E-state index is 0.0105. The average Bonchev–Trinajstić information content (AvgIpc) is 2.45. The molecule has 2 rings (SSSR count). The first-order valence-corrected chi connectivity index (χ1v) is 5.37. The quantitative estimate of drug-likeness (QED) is 0.643. The van der Waals surface area contributed by atoms with Gasteiger partial charge in [0.2, 0.25) is 5.91 Å². The van der Waals surface area contributed by atoms with Gasteiger partial charge in [-0.2, -0.15) is 0 Å². The molecule has 0 spiro atoms. The van der Waals surface area contributed by atoms with E-state index in [4.69, 9.17) is 0 Å². The lowest BCUT2D eigenvalue weighted by Crippen LogP contribution is -2.48. The van der Waals surface area contributed by atoms with E-state index in [-0.39, 0.29) is 5.91 Å². The monoisotopic (exact) mass is 194 g/mol. The predicted molar refractivity (Wildman–Crippen MR) is 55.9 cm³/mol. The summed E-state index contributed by atoms with van der Waals surface area (Å²) in [4.78, 5) is 11.4. The van der Waals surface area contributed by atoms with Crippen molar-refractivity contribution in [3.05, 3.63) is 12.2 Å². The number of rotatable bonds is 2. The van der Waals surface area contributed by atoms with E-state index in [9.17, 15) is 4.79 Å². The van der Waals surface area contributed by atoms with E-state index in [2.05, 4.69) is 17.2 Å². The summed E-state index contributed by atoms with van der Waals surface area (Å²) in [7, 11) is 0. The van der Waals surface area contributed by atoms with Gasteiger partial charge in [0.15, 0.2) is 0 Å². The summed E-state index contributed by atoms with van der Waals surface area (Å²) in [5, 5.41) is 6.59. The van der Waals surface area contributed by atoms with Crippen molar-refractivity contribution >= 4 is 5.91 Å². The van der Waals surface area contributed by atoms with Gasteiger partial charge in [-0.25, -0.2) is 0 Å². The Hall–Kier alpha value is -0.830. The summed E-state index contributed by atoms with van der Waals surface area (Å²) >= 11 is 0. The topological polar surface area (TPSA) is 41.1 Å². The highest BCUT2D eigenvalue weighted by Gasteiger charge is 2.33. The second-order valence-corrected chi connectivity index (χ2v) is 4.56. The third-order valence-electron chi connectivity index (χ3n) is 3.20. The van der Waals surface area contributed by atoms with Crippen LogP contribution in [0.15, 0.2) is 12.2 Å². The molecule has 2 bridgehead atoms. The maximum Gasteiger partial charge on any atom is 0.246 e. The fraction of sp³-hybridized carbons (Fsp3) is 0.727. The molecule has 0 aliphatic carbocycles. The molecular formula is C11H18N2O. The normalized spacial score (nSPS) is 35.4. The Balaban J connectivity index is 1.88. The predicted octanol–water partition coefficient (Wildman–Crippen LogP) is 0.962. The molecule has 78 valence electrons. The number of nitrogens with one attached hydrogen (secondary N) is 2. The van der Waals surface area contributed by atoms with E-state index in [0.29, 0.717) is 23.7 Å². The number of hydrogen-bond donors (Lipinski definition) is 2. The molecule has 2 aliphatic rings. The second-order valence-electron chi connectivity index (χ2n) is 4.56. The molecule has 2 fully saturated rings. The standard InChI is InChI=1S/C11H18N2O/c1-7(2)11(14)13-10-5-8-3-4-9(6-10)12-8/h8-10,12H,1,3-6H2,2H3,(H,13,14)/t8-,9+,10?. The number of carbonyl (C=O) groups is 1. The van der Waals surface area contributed by atoms with Crippen molar-refractivity contribution in [1.29, 1.82) is 0 Å². The summed E-state index contributed by atoms with van der Waals surface area (Å²) in [5.41, 5.74) is 0.607. The smallest absolute Gasteiger partial charge is 0.246 e. The average molecular weight is 194 g/mol. The number of piperidine rings is 1. The van der Waals surface area contributed by atoms with Crippen LogP contribution in [0, 0.1) is 0 Å². The van der Waals surface area contributed by atoms with Crippen molar-refractivity contribution in [3.63, 3.8) is 0 Å². The molecule has 0 radical (unpaired) electrons. The van der Waals surface area contributed by atoms with Crippen molar-refractivity contribution in [2.75, 3.05) is 0 Å². The van der Waals surface area contributed by atoms with Crippen molar-refractivity contribution in [2.45, 2.75) is 50.7 Å². The highest BCUT2D eigenvalue weighted by atomic mass is 16.1. The highest BCUT2D eigenvalue weighted by molar-refractivity contribution is 5.92. The molecule has 1 unspecified atom stereocenters. The van der Waals surface area contributed by atoms with Crippen LogP contribution in [0.2, 0.25) is 0 Å². The summed E-state index contributed by atoms with van der Waals surface area (Å²) < 4.78 is 0. The Morgan fingerprint density at radius 3 is 2.43 bits per heavy atom. The summed E-state index contributed by atoms with van der Waals surface area (Å²) in [5.74, 6) is 0.0105. The minimum absolute atomic E-state index is 0.0105. The van der Waals surface area contributed by atoms with Gasteiger partial charge in [-0.3, -0.25) is 4.79 Å². The molecule has 2 aliphatic heterocycles. The van der Waals surface area contributed by atoms with Crippen molar-refractivity contribution in [3.8, 4) is 0 Å². The van der Waals surface area contributed by atoms with Crippen LogP contribution in [-0.4, -0.2) is 24.0 Å².